The van der Waals surface area contributed by atoms with Crippen LogP contribution in [0.25, 0.3) is 10.8 Å². The van der Waals surface area contributed by atoms with E-state index in [9.17, 15) is 19.8 Å². The van der Waals surface area contributed by atoms with E-state index in [1.54, 1.807) is 25.1 Å². The lowest BCUT2D eigenvalue weighted by Gasteiger charge is -2.12. The molecule has 2 rings (SSSR count). The number of Topliss-reactive ketones (excluding diaryl/α,β-unsaturated/α-hetero) is 1. The molecule has 0 radical (unpaired) electrons. The number of phenols is 2. The third-order valence-electron chi connectivity index (χ3n) is 3.82. The molecule has 2 aromatic rings. The van der Waals surface area contributed by atoms with Crippen LogP contribution in [-0.2, 0) is 20.7 Å². The molecule has 1 unspecified atom stereocenters. The minimum atomic E-state index is -0.573. The average molecular weight is 328 g/mol. The number of hydrogen-bond donors (Lipinski definition) is 2. The van der Waals surface area contributed by atoms with Gasteiger partial charge in [-0.2, -0.15) is 0 Å². The van der Waals surface area contributed by atoms with E-state index >= 15 is 0 Å². The molecule has 1 atom stereocenters. The summed E-state index contributed by atoms with van der Waals surface area (Å²) in [4.78, 5) is 23.4. The van der Waals surface area contributed by atoms with Crippen molar-refractivity contribution in [2.24, 2.45) is 5.92 Å². The number of esters is 1. The molecule has 0 aromatic heterocycles. The highest BCUT2D eigenvalue weighted by Crippen LogP contribution is 2.34. The Morgan fingerprint density at radius 2 is 1.92 bits per heavy atom. The normalized spacial score (nSPS) is 11.9. The summed E-state index contributed by atoms with van der Waals surface area (Å²) in [5.41, 5.74) is 1.17. The van der Waals surface area contributed by atoms with Crippen LogP contribution in [0.4, 0.5) is 0 Å². The predicted molar refractivity (Wildman–Crippen MR) is 90.9 cm³/mol. The van der Waals surface area contributed by atoms with E-state index in [0.29, 0.717) is 11.8 Å². The third kappa shape index (κ3) is 3.93. The molecular formula is C19H20O5. The largest absolute Gasteiger partial charge is 0.504 e. The maximum atomic E-state index is 12.1. The Balaban J connectivity index is 2.06. The Kier molecular flexibility index (Phi) is 5.24. The van der Waals surface area contributed by atoms with Crippen LogP contribution in [0.1, 0.15) is 19.4 Å². The summed E-state index contributed by atoms with van der Waals surface area (Å²) in [6.45, 7) is 6.49. The van der Waals surface area contributed by atoms with Crippen molar-refractivity contribution in [2.75, 3.05) is 6.61 Å². The van der Waals surface area contributed by atoms with Crippen molar-refractivity contribution in [2.45, 2.75) is 20.3 Å². The molecule has 0 amide bonds. The van der Waals surface area contributed by atoms with E-state index in [4.69, 9.17) is 4.74 Å². The van der Waals surface area contributed by atoms with Crippen molar-refractivity contribution in [3.05, 3.63) is 48.0 Å². The van der Waals surface area contributed by atoms with Crippen molar-refractivity contribution in [3.63, 3.8) is 0 Å². The fourth-order valence-electron chi connectivity index (χ4n) is 2.35. The molecular weight excluding hydrogens is 308 g/mol. The highest BCUT2D eigenvalue weighted by molar-refractivity contribution is 5.91. The second kappa shape index (κ2) is 7.17. The number of benzene rings is 2. The van der Waals surface area contributed by atoms with Gasteiger partial charge < -0.3 is 14.9 Å². The van der Waals surface area contributed by atoms with Crippen molar-refractivity contribution in [1.29, 1.82) is 0 Å². The minimum Gasteiger partial charge on any atom is -0.504 e. The van der Waals surface area contributed by atoms with Crippen molar-refractivity contribution < 1.29 is 24.5 Å². The van der Waals surface area contributed by atoms with Gasteiger partial charge in [-0.1, -0.05) is 37.8 Å². The Hall–Kier alpha value is -2.82. The summed E-state index contributed by atoms with van der Waals surface area (Å²) >= 11 is 0. The minimum absolute atomic E-state index is 0.158. The van der Waals surface area contributed by atoms with E-state index in [2.05, 4.69) is 6.58 Å². The second-order valence-corrected chi connectivity index (χ2v) is 5.92. The van der Waals surface area contributed by atoms with Gasteiger partial charge in [-0.3, -0.25) is 4.79 Å². The molecule has 126 valence electrons. The third-order valence-corrected chi connectivity index (χ3v) is 3.82. The Bertz CT molecular complexity index is 807. The van der Waals surface area contributed by atoms with Crippen LogP contribution in [0.15, 0.2) is 42.5 Å². The van der Waals surface area contributed by atoms with Crippen LogP contribution in [0.5, 0.6) is 11.5 Å². The summed E-state index contributed by atoms with van der Waals surface area (Å²) in [5, 5.41) is 20.7. The summed E-state index contributed by atoms with van der Waals surface area (Å²) in [6, 6.07) is 8.49. The number of carbonyl (C=O) groups is 2. The smallest absolute Gasteiger partial charge is 0.333 e. The molecule has 0 bridgehead atoms. The van der Waals surface area contributed by atoms with Crippen LogP contribution < -0.4 is 0 Å². The monoisotopic (exact) mass is 328 g/mol. The molecule has 0 aliphatic heterocycles. The first kappa shape index (κ1) is 17.5. The number of phenolic OH excluding ortho intramolecular Hbond substituents is 2. The lowest BCUT2D eigenvalue weighted by Crippen LogP contribution is -2.21. The number of hydrogen-bond acceptors (Lipinski definition) is 5. The summed E-state index contributed by atoms with van der Waals surface area (Å²) in [7, 11) is 0. The zero-order valence-corrected chi connectivity index (χ0v) is 13.7. The Morgan fingerprint density at radius 1 is 1.21 bits per heavy atom. The molecule has 0 saturated heterocycles. The van der Waals surface area contributed by atoms with Crippen molar-refractivity contribution >= 4 is 22.5 Å². The molecule has 0 fully saturated rings. The molecule has 24 heavy (non-hydrogen) atoms. The Labute approximate surface area is 140 Å². The Morgan fingerprint density at radius 3 is 2.58 bits per heavy atom. The van der Waals surface area contributed by atoms with Crippen LogP contribution in [0.3, 0.4) is 0 Å². The average Bonchev–Trinajstić information content (AvgIpc) is 2.55. The first-order valence-corrected chi connectivity index (χ1v) is 7.58. The number of ketones is 1. The molecule has 2 aromatic carbocycles. The van der Waals surface area contributed by atoms with E-state index < -0.39 is 5.97 Å². The van der Waals surface area contributed by atoms with E-state index in [1.165, 1.54) is 13.0 Å². The van der Waals surface area contributed by atoms with Gasteiger partial charge in [-0.25, -0.2) is 4.79 Å². The van der Waals surface area contributed by atoms with Gasteiger partial charge in [0.25, 0.3) is 0 Å². The topological polar surface area (TPSA) is 83.8 Å². The fraction of sp³-hybridized carbons (Fsp3) is 0.263. The zero-order chi connectivity index (χ0) is 17.9. The zero-order valence-electron chi connectivity index (χ0n) is 13.7. The molecule has 0 heterocycles. The van der Waals surface area contributed by atoms with Gasteiger partial charge in [-0.15, -0.1) is 0 Å². The van der Waals surface area contributed by atoms with Gasteiger partial charge in [0.15, 0.2) is 23.9 Å². The predicted octanol–water partition coefficient (Wildman–Crippen LogP) is 3.12. The molecule has 0 aliphatic rings. The first-order chi connectivity index (χ1) is 11.3. The molecule has 5 nitrogen and oxygen atoms in total. The van der Waals surface area contributed by atoms with Crippen molar-refractivity contribution in [3.8, 4) is 11.5 Å². The molecule has 5 heteroatoms. The van der Waals surface area contributed by atoms with Crippen LogP contribution in [0, 0.1) is 5.92 Å². The summed E-state index contributed by atoms with van der Waals surface area (Å²) in [5.74, 6) is -1.38. The molecule has 0 spiro atoms. The summed E-state index contributed by atoms with van der Waals surface area (Å²) < 4.78 is 4.87. The molecule has 0 saturated carbocycles. The SMILES string of the molecule is C=C(C)C(=O)OCC(=O)C(C)Cc1ccc2c(O)c(O)ccc2c1. The van der Waals surface area contributed by atoms with E-state index in [1.807, 2.05) is 6.07 Å². The maximum Gasteiger partial charge on any atom is 0.333 e. The van der Waals surface area contributed by atoms with Gasteiger partial charge in [0.2, 0.25) is 0 Å². The second-order valence-electron chi connectivity index (χ2n) is 5.92. The van der Waals surface area contributed by atoms with E-state index in [0.717, 1.165) is 10.9 Å². The highest BCUT2D eigenvalue weighted by Gasteiger charge is 2.16. The van der Waals surface area contributed by atoms with Gasteiger partial charge in [0, 0.05) is 16.9 Å². The lowest BCUT2D eigenvalue weighted by atomic mass is 9.95. The number of rotatable bonds is 6. The number of fused-ring (bicyclic) bond motifs is 1. The van der Waals surface area contributed by atoms with Gasteiger partial charge >= 0.3 is 5.97 Å². The molecule has 0 aliphatic carbocycles. The van der Waals surface area contributed by atoms with Gasteiger partial charge in [-0.05, 0) is 30.4 Å². The maximum absolute atomic E-state index is 12.1. The number of carbonyl (C=O) groups excluding carboxylic acids is 2. The number of ether oxygens (including phenoxy) is 1. The van der Waals surface area contributed by atoms with Crippen LogP contribution >= 0.6 is 0 Å². The van der Waals surface area contributed by atoms with Crippen LogP contribution in [0.2, 0.25) is 0 Å². The first-order valence-electron chi connectivity index (χ1n) is 7.58. The highest BCUT2D eigenvalue weighted by atomic mass is 16.5. The van der Waals surface area contributed by atoms with E-state index in [-0.39, 0.29) is 35.4 Å². The summed E-state index contributed by atoms with van der Waals surface area (Å²) in [6.07, 6.45) is 0.487. The van der Waals surface area contributed by atoms with Crippen molar-refractivity contribution in [1.82, 2.24) is 0 Å². The number of aromatic hydroxyl groups is 2. The van der Waals surface area contributed by atoms with Gasteiger partial charge in [0.1, 0.15) is 0 Å². The standard InChI is InChI=1S/C19H20O5/c1-11(2)19(23)24-10-17(21)12(3)8-13-4-6-15-14(9-13)5-7-16(20)18(15)22/h4-7,9,12,20,22H,1,8,10H2,2-3H3. The quantitative estimate of drug-likeness (QED) is 0.483. The lowest BCUT2D eigenvalue weighted by molar-refractivity contribution is -0.145. The van der Waals surface area contributed by atoms with Gasteiger partial charge in [0.05, 0.1) is 0 Å². The molecule has 2 N–H and O–H groups in total. The fourth-order valence-corrected chi connectivity index (χ4v) is 2.35. The van der Waals surface area contributed by atoms with Crippen LogP contribution in [-0.4, -0.2) is 28.6 Å².